The third-order valence-electron chi connectivity index (χ3n) is 5.09. The zero-order chi connectivity index (χ0) is 17.5. The third kappa shape index (κ3) is 4.28. The normalized spacial score (nSPS) is 16.2. The van der Waals surface area contributed by atoms with Crippen LogP contribution < -0.4 is 5.32 Å². The number of hydrogen-bond acceptors (Lipinski definition) is 2. The molecule has 1 N–H and O–H groups in total. The summed E-state index contributed by atoms with van der Waals surface area (Å²) in [5.41, 5.74) is 1.57. The maximum atomic E-state index is 12.8. The van der Waals surface area contributed by atoms with E-state index in [1.807, 2.05) is 36.4 Å². The van der Waals surface area contributed by atoms with Gasteiger partial charge in [-0.3, -0.25) is 4.79 Å². The average Bonchev–Trinajstić information content (AvgIpc) is 2.68. The zero-order valence-electron chi connectivity index (χ0n) is 14.4. The minimum atomic E-state index is -0.673. The van der Waals surface area contributed by atoms with Crippen molar-refractivity contribution in [2.24, 2.45) is 0 Å². The number of amides is 1. The van der Waals surface area contributed by atoms with Crippen LogP contribution in [0.15, 0.2) is 60.7 Å². The number of carbonyl (C=O) groups is 1. The van der Waals surface area contributed by atoms with Crippen LogP contribution in [0.2, 0.25) is 0 Å². The zero-order valence-corrected chi connectivity index (χ0v) is 14.4. The van der Waals surface area contributed by atoms with Crippen molar-refractivity contribution < 1.29 is 4.79 Å². The minimum Gasteiger partial charge on any atom is -0.338 e. The van der Waals surface area contributed by atoms with Gasteiger partial charge < -0.3 is 5.32 Å². The van der Waals surface area contributed by atoms with Crippen molar-refractivity contribution in [1.82, 2.24) is 5.32 Å². The molecule has 2 aromatic carbocycles. The first-order valence-corrected chi connectivity index (χ1v) is 9.05. The summed E-state index contributed by atoms with van der Waals surface area (Å²) in [6, 6.07) is 22.6. The molecule has 0 aromatic heterocycles. The van der Waals surface area contributed by atoms with E-state index in [1.165, 1.54) is 0 Å². The van der Waals surface area contributed by atoms with Crippen LogP contribution in [0.5, 0.6) is 0 Å². The predicted molar refractivity (Wildman–Crippen MR) is 98.9 cm³/mol. The number of hydrogen-bond donors (Lipinski definition) is 1. The number of carbonyl (C=O) groups excluding carboxylic acids is 1. The van der Waals surface area contributed by atoms with E-state index < -0.39 is 5.54 Å². The largest absolute Gasteiger partial charge is 0.338 e. The van der Waals surface area contributed by atoms with Crippen molar-refractivity contribution in [1.29, 1.82) is 5.26 Å². The van der Waals surface area contributed by atoms with Gasteiger partial charge in [0.25, 0.3) is 0 Å². The molecule has 1 amide bonds. The Morgan fingerprint density at radius 1 is 0.960 bits per heavy atom. The van der Waals surface area contributed by atoms with E-state index in [-0.39, 0.29) is 11.8 Å². The summed E-state index contributed by atoms with van der Waals surface area (Å²) >= 11 is 0. The first-order chi connectivity index (χ1) is 12.2. The molecule has 128 valence electrons. The van der Waals surface area contributed by atoms with Crippen LogP contribution in [0.4, 0.5) is 0 Å². The molecule has 1 aliphatic rings. The molecule has 0 radical (unpaired) electrons. The highest BCUT2D eigenvalue weighted by molar-refractivity contribution is 5.79. The van der Waals surface area contributed by atoms with Gasteiger partial charge in [0, 0.05) is 12.3 Å². The second-order valence-corrected chi connectivity index (χ2v) is 6.88. The molecule has 0 unspecified atom stereocenters. The van der Waals surface area contributed by atoms with E-state index in [4.69, 9.17) is 0 Å². The summed E-state index contributed by atoms with van der Waals surface area (Å²) in [4.78, 5) is 12.8. The third-order valence-corrected chi connectivity index (χ3v) is 5.09. The van der Waals surface area contributed by atoms with Gasteiger partial charge in [0.1, 0.15) is 5.54 Å². The fourth-order valence-corrected chi connectivity index (χ4v) is 3.72. The van der Waals surface area contributed by atoms with Crippen molar-refractivity contribution in [3.63, 3.8) is 0 Å². The standard InChI is InChI=1S/C22H24N2O/c23-17-22(14-8-3-9-15-22)24-21(25)16-20(18-10-4-1-5-11-18)19-12-6-2-7-13-19/h1-2,4-7,10-13,20H,3,8-9,14-16H2,(H,24,25). The summed E-state index contributed by atoms with van der Waals surface area (Å²) in [5.74, 6) is -0.0390. The molecule has 25 heavy (non-hydrogen) atoms. The van der Waals surface area contributed by atoms with E-state index in [0.29, 0.717) is 6.42 Å². The number of rotatable bonds is 5. The topological polar surface area (TPSA) is 52.9 Å². The van der Waals surface area contributed by atoms with Gasteiger partial charge in [-0.2, -0.15) is 5.26 Å². The monoisotopic (exact) mass is 332 g/mol. The van der Waals surface area contributed by atoms with Crippen molar-refractivity contribution in [2.45, 2.75) is 50.0 Å². The lowest BCUT2D eigenvalue weighted by molar-refractivity contribution is -0.123. The Labute approximate surface area is 149 Å². The van der Waals surface area contributed by atoms with Crippen LogP contribution in [0.3, 0.4) is 0 Å². The van der Waals surface area contributed by atoms with E-state index in [2.05, 4.69) is 35.7 Å². The van der Waals surface area contributed by atoms with Crippen LogP contribution in [-0.4, -0.2) is 11.4 Å². The van der Waals surface area contributed by atoms with Gasteiger partial charge in [0.2, 0.25) is 5.91 Å². The van der Waals surface area contributed by atoms with Crippen LogP contribution in [0.1, 0.15) is 55.6 Å². The molecular weight excluding hydrogens is 308 g/mol. The lowest BCUT2D eigenvalue weighted by Crippen LogP contribution is -2.48. The molecule has 3 rings (SSSR count). The maximum absolute atomic E-state index is 12.8. The highest BCUT2D eigenvalue weighted by Gasteiger charge is 2.34. The van der Waals surface area contributed by atoms with Crippen molar-refractivity contribution in [2.75, 3.05) is 0 Å². The molecule has 0 aliphatic heterocycles. The molecule has 0 heterocycles. The lowest BCUT2D eigenvalue weighted by atomic mass is 9.82. The van der Waals surface area contributed by atoms with Gasteiger partial charge in [0.15, 0.2) is 0 Å². The summed E-state index contributed by atoms with van der Waals surface area (Å²) in [7, 11) is 0. The van der Waals surface area contributed by atoms with Crippen LogP contribution in [0.25, 0.3) is 0 Å². The summed E-state index contributed by atoms with van der Waals surface area (Å²) in [6.45, 7) is 0. The minimum absolute atomic E-state index is 0.00161. The Hall–Kier alpha value is -2.60. The van der Waals surface area contributed by atoms with Crippen molar-refractivity contribution in [3.8, 4) is 6.07 Å². The van der Waals surface area contributed by atoms with E-state index >= 15 is 0 Å². The molecular formula is C22H24N2O. The predicted octanol–water partition coefficient (Wildman–Crippen LogP) is 4.55. The first-order valence-electron chi connectivity index (χ1n) is 9.05. The summed E-state index contributed by atoms with van der Waals surface area (Å²) < 4.78 is 0. The second-order valence-electron chi connectivity index (χ2n) is 6.88. The summed E-state index contributed by atoms with van der Waals surface area (Å²) in [6.07, 6.45) is 5.05. The Morgan fingerprint density at radius 3 is 1.96 bits per heavy atom. The highest BCUT2D eigenvalue weighted by Crippen LogP contribution is 2.30. The van der Waals surface area contributed by atoms with Crippen molar-refractivity contribution >= 4 is 5.91 Å². The van der Waals surface area contributed by atoms with E-state index in [0.717, 1.165) is 43.2 Å². The van der Waals surface area contributed by atoms with Gasteiger partial charge >= 0.3 is 0 Å². The molecule has 1 fully saturated rings. The van der Waals surface area contributed by atoms with Gasteiger partial charge in [-0.25, -0.2) is 0 Å². The average molecular weight is 332 g/mol. The Balaban J connectivity index is 1.78. The number of nitriles is 1. The van der Waals surface area contributed by atoms with Gasteiger partial charge in [-0.1, -0.05) is 79.9 Å². The SMILES string of the molecule is N#CC1(NC(=O)CC(c2ccccc2)c2ccccc2)CCCCC1. The summed E-state index contributed by atoms with van der Waals surface area (Å²) in [5, 5.41) is 12.6. The maximum Gasteiger partial charge on any atom is 0.222 e. The number of benzene rings is 2. The highest BCUT2D eigenvalue weighted by atomic mass is 16.1. The molecule has 2 aromatic rings. The van der Waals surface area contributed by atoms with Gasteiger partial charge in [-0.05, 0) is 24.0 Å². The molecule has 3 nitrogen and oxygen atoms in total. The Kier molecular flexibility index (Phi) is 5.50. The first kappa shape index (κ1) is 17.2. The molecule has 1 saturated carbocycles. The quantitative estimate of drug-likeness (QED) is 0.873. The second kappa shape index (κ2) is 7.98. The lowest BCUT2D eigenvalue weighted by Gasteiger charge is -2.32. The van der Waals surface area contributed by atoms with E-state index in [9.17, 15) is 10.1 Å². The smallest absolute Gasteiger partial charge is 0.222 e. The Morgan fingerprint density at radius 2 is 1.48 bits per heavy atom. The molecule has 1 aliphatic carbocycles. The molecule has 0 bridgehead atoms. The van der Waals surface area contributed by atoms with Crippen LogP contribution >= 0.6 is 0 Å². The molecule has 0 spiro atoms. The Bertz CT molecular complexity index is 688. The van der Waals surface area contributed by atoms with Gasteiger partial charge in [-0.15, -0.1) is 0 Å². The molecule has 0 saturated heterocycles. The fourth-order valence-electron chi connectivity index (χ4n) is 3.72. The number of nitrogens with zero attached hydrogens (tertiary/aromatic N) is 1. The van der Waals surface area contributed by atoms with Crippen LogP contribution in [0, 0.1) is 11.3 Å². The fraction of sp³-hybridized carbons (Fsp3) is 0.364. The molecule has 0 atom stereocenters. The van der Waals surface area contributed by atoms with Gasteiger partial charge in [0.05, 0.1) is 6.07 Å². The van der Waals surface area contributed by atoms with E-state index in [1.54, 1.807) is 0 Å². The van der Waals surface area contributed by atoms with Crippen LogP contribution in [-0.2, 0) is 4.79 Å². The number of nitrogens with one attached hydrogen (secondary N) is 1. The molecule has 3 heteroatoms. The van der Waals surface area contributed by atoms with Crippen molar-refractivity contribution in [3.05, 3.63) is 71.8 Å².